The van der Waals surface area contributed by atoms with Gasteiger partial charge in [0.05, 0.1) is 11.1 Å². The highest BCUT2D eigenvalue weighted by Crippen LogP contribution is 2.46. The largest absolute Gasteiger partial charge is 0.508 e. The first kappa shape index (κ1) is 39.4. The van der Waals surface area contributed by atoms with E-state index >= 15 is 0 Å². The van der Waals surface area contributed by atoms with Gasteiger partial charge in [0.15, 0.2) is 33.0 Å². The van der Waals surface area contributed by atoms with Crippen LogP contribution in [-0.4, -0.2) is 60.1 Å². The molecular formula is C45H38N6O8S2. The van der Waals surface area contributed by atoms with Crippen molar-refractivity contribution in [3.63, 3.8) is 0 Å². The smallest absolute Gasteiger partial charge is 0.336 e. The van der Waals surface area contributed by atoms with Crippen LogP contribution >= 0.6 is 24.0 Å². The maximum absolute atomic E-state index is 12.9. The number of thiocarbonyl (C=S) groups is 1. The lowest BCUT2D eigenvalue weighted by atomic mass is 9.90. The van der Waals surface area contributed by atoms with Gasteiger partial charge < -0.3 is 49.0 Å². The number of aromatic hydroxyl groups is 1. The third-order valence-corrected chi connectivity index (χ3v) is 11.8. The number of pyridine rings is 1. The maximum Gasteiger partial charge on any atom is 0.336 e. The molecular weight excluding hydrogens is 817 g/mol. The van der Waals surface area contributed by atoms with Crippen LogP contribution in [0.3, 0.4) is 0 Å². The fourth-order valence-electron chi connectivity index (χ4n) is 7.58. The Kier molecular flexibility index (Phi) is 10.2. The number of nitrogens with one attached hydrogen (secondary N) is 1. The fourth-order valence-corrected chi connectivity index (χ4v) is 9.07. The lowest BCUT2D eigenvalue weighted by molar-refractivity contribution is 0.0697. The molecule has 0 saturated carbocycles. The molecule has 3 aromatic heterocycles. The molecule has 6 aromatic rings. The number of phenols is 1. The average molecular weight is 855 g/mol. The molecule has 0 saturated heterocycles. The van der Waals surface area contributed by atoms with Crippen LogP contribution in [-0.2, 0) is 6.54 Å². The summed E-state index contributed by atoms with van der Waals surface area (Å²) in [5, 5.41) is 25.7. The number of carboxylic acid groups (broad SMARTS) is 1. The van der Waals surface area contributed by atoms with Crippen LogP contribution in [0.25, 0.3) is 55.8 Å². The number of rotatable bonds is 11. The number of hydrogen-bond donors (Lipinski definition) is 4. The average Bonchev–Trinajstić information content (AvgIpc) is 3.97. The number of hydrogen-bond acceptors (Lipinski definition) is 12. The number of furan rings is 1. The highest BCUT2D eigenvalue weighted by molar-refractivity contribution is 7.99. The van der Waals surface area contributed by atoms with E-state index in [2.05, 4.69) is 14.9 Å². The van der Waals surface area contributed by atoms with Crippen molar-refractivity contribution in [3.05, 3.63) is 113 Å². The number of imidazole rings is 1. The Hall–Kier alpha value is -7.04. The number of nitrogen functional groups attached to an aromatic ring is 1. The fraction of sp³-hybridized carbons (Fsp3) is 0.178. The van der Waals surface area contributed by atoms with Gasteiger partial charge in [0.25, 0.3) is 0 Å². The number of nitrogens with two attached hydrogens (primary N) is 1. The van der Waals surface area contributed by atoms with E-state index in [1.807, 2.05) is 56.0 Å². The number of carboxylic acids is 1. The zero-order valence-corrected chi connectivity index (χ0v) is 34.7. The van der Waals surface area contributed by atoms with Crippen molar-refractivity contribution in [2.24, 2.45) is 0 Å². The number of aromatic nitrogens is 3. The standard InChI is InChI=1S/C45H38N6O8S2/c1-23(2)50(44(60)48-25-6-9-28(31(17-25)43(54)55)40-29-10-7-26(52)18-35(29)59-36-19-27(53)8-11-30(36)40)15-4-16-51-33-13-14-47-42(46)41(33)49-45(51)61-39-21-38-37(56-22-57-38)20-32(39)34-12-5-24(3)58-34/h5-14,17-21,23,52H,4,15-16,22H2,1-3H3,(H2,46,47)(H,48,60)(H,54,55). The number of nitrogens with zero attached hydrogens (tertiary/aromatic N) is 4. The molecule has 0 unspecified atom stereocenters. The molecule has 1 aliphatic carbocycles. The van der Waals surface area contributed by atoms with Crippen molar-refractivity contribution >= 4 is 68.6 Å². The first-order chi connectivity index (χ1) is 29.4. The summed E-state index contributed by atoms with van der Waals surface area (Å²) in [6.45, 7) is 7.22. The minimum atomic E-state index is -1.16. The quantitative estimate of drug-likeness (QED) is 0.0710. The highest BCUT2D eigenvalue weighted by atomic mass is 32.2. The predicted octanol–water partition coefficient (Wildman–Crippen LogP) is 9.24. The number of phenolic OH excluding ortho intramolecular Hbond substituents is 1. The van der Waals surface area contributed by atoms with Gasteiger partial charge in [-0.3, -0.25) is 4.79 Å². The van der Waals surface area contributed by atoms with Crippen molar-refractivity contribution < 1.29 is 33.3 Å². The third kappa shape index (κ3) is 7.55. The summed E-state index contributed by atoms with van der Waals surface area (Å²) in [6, 6.07) is 23.6. The van der Waals surface area contributed by atoms with Crippen LogP contribution in [0.1, 0.15) is 36.4 Å². The minimum absolute atomic E-state index is 0.00694. The number of fused-ring (bicyclic) bond motifs is 4. The molecule has 3 aliphatic rings. The first-order valence-corrected chi connectivity index (χ1v) is 20.6. The Morgan fingerprint density at radius 1 is 0.967 bits per heavy atom. The zero-order valence-electron chi connectivity index (χ0n) is 33.1. The number of ether oxygens (including phenoxy) is 2. The lowest BCUT2D eigenvalue weighted by Gasteiger charge is -2.30. The van der Waals surface area contributed by atoms with E-state index in [1.54, 1.807) is 36.5 Å². The van der Waals surface area contributed by atoms with E-state index in [0.29, 0.717) is 91.7 Å². The molecule has 308 valence electrons. The van der Waals surface area contributed by atoms with E-state index in [-0.39, 0.29) is 35.3 Å². The van der Waals surface area contributed by atoms with Gasteiger partial charge in [0.1, 0.15) is 34.1 Å². The molecule has 3 aromatic carbocycles. The topological polar surface area (TPSA) is 191 Å². The van der Waals surface area contributed by atoms with Crippen molar-refractivity contribution in [1.29, 1.82) is 0 Å². The number of carbonyl (C=O) groups is 1. The third-order valence-electron chi connectivity index (χ3n) is 10.5. The summed E-state index contributed by atoms with van der Waals surface area (Å²) in [7, 11) is 0. The minimum Gasteiger partial charge on any atom is -0.508 e. The van der Waals surface area contributed by atoms with Crippen LogP contribution in [0.4, 0.5) is 11.5 Å². The van der Waals surface area contributed by atoms with Crippen LogP contribution in [0.2, 0.25) is 0 Å². The monoisotopic (exact) mass is 854 g/mol. The SMILES string of the molecule is Cc1ccc(-c2cc3c(cc2Sc2nc4c(N)nccc4n2CCCN(C(=S)Nc2ccc(-c4c5ccc(=O)cc-5oc5cc(O)ccc45)c(C(=O)O)c2)C(C)C)OCO3)o1. The van der Waals surface area contributed by atoms with E-state index in [4.69, 9.17) is 41.2 Å². The van der Waals surface area contributed by atoms with Gasteiger partial charge in [-0.2, -0.15) is 0 Å². The normalized spacial score (nSPS) is 12.2. The van der Waals surface area contributed by atoms with Gasteiger partial charge in [-0.15, -0.1) is 0 Å². The van der Waals surface area contributed by atoms with Gasteiger partial charge in [-0.25, -0.2) is 14.8 Å². The molecule has 0 spiro atoms. The van der Waals surface area contributed by atoms with Gasteiger partial charge in [-0.1, -0.05) is 17.8 Å². The van der Waals surface area contributed by atoms with Gasteiger partial charge in [0.2, 0.25) is 6.79 Å². The van der Waals surface area contributed by atoms with E-state index in [0.717, 1.165) is 21.7 Å². The van der Waals surface area contributed by atoms with E-state index in [1.165, 1.54) is 36.0 Å². The molecule has 16 heteroatoms. The molecule has 0 fully saturated rings. The van der Waals surface area contributed by atoms with E-state index in [9.17, 15) is 19.8 Å². The molecule has 0 amide bonds. The van der Waals surface area contributed by atoms with Crippen molar-refractivity contribution in [3.8, 4) is 51.0 Å². The van der Waals surface area contributed by atoms with Crippen LogP contribution < -0.4 is 26.0 Å². The number of benzene rings is 4. The second kappa shape index (κ2) is 15.9. The molecule has 61 heavy (non-hydrogen) atoms. The summed E-state index contributed by atoms with van der Waals surface area (Å²) in [5.74, 6) is 2.16. The number of aromatic carboxylic acids is 1. The number of aryl methyl sites for hydroxylation is 2. The summed E-state index contributed by atoms with van der Waals surface area (Å²) >= 11 is 7.43. The molecule has 0 bridgehead atoms. The molecule has 5 N–H and O–H groups in total. The van der Waals surface area contributed by atoms with Crippen molar-refractivity contribution in [2.75, 3.05) is 24.4 Å². The molecule has 0 atom stereocenters. The predicted molar refractivity (Wildman–Crippen MR) is 237 cm³/mol. The zero-order chi connectivity index (χ0) is 42.5. The van der Waals surface area contributed by atoms with Crippen LogP contribution in [0.15, 0.2) is 115 Å². The Morgan fingerprint density at radius 3 is 2.54 bits per heavy atom. The summed E-state index contributed by atoms with van der Waals surface area (Å²) < 4.78 is 25.6. The maximum atomic E-state index is 12.9. The van der Waals surface area contributed by atoms with Crippen LogP contribution in [0, 0.1) is 6.92 Å². The Morgan fingerprint density at radius 2 is 1.77 bits per heavy atom. The Labute approximate surface area is 357 Å². The lowest BCUT2D eigenvalue weighted by Crippen LogP contribution is -2.40. The Bertz CT molecular complexity index is 3070. The van der Waals surface area contributed by atoms with Crippen molar-refractivity contribution in [2.45, 2.75) is 49.8 Å². The second-order valence-corrected chi connectivity index (χ2v) is 16.2. The van der Waals surface area contributed by atoms with E-state index < -0.39 is 5.97 Å². The van der Waals surface area contributed by atoms with Crippen LogP contribution in [0.5, 0.6) is 17.2 Å². The number of anilines is 2. The Balaban J connectivity index is 0.982. The van der Waals surface area contributed by atoms with Gasteiger partial charge >= 0.3 is 5.97 Å². The summed E-state index contributed by atoms with van der Waals surface area (Å²) in [4.78, 5) is 37.3. The second-order valence-electron chi connectivity index (χ2n) is 14.8. The van der Waals surface area contributed by atoms with Gasteiger partial charge in [-0.05, 0) is 112 Å². The first-order valence-electron chi connectivity index (χ1n) is 19.4. The molecule has 5 heterocycles. The molecule has 2 aliphatic heterocycles. The molecule has 14 nitrogen and oxygen atoms in total. The van der Waals surface area contributed by atoms with Gasteiger partial charge in [0, 0.05) is 70.1 Å². The summed E-state index contributed by atoms with van der Waals surface area (Å²) in [5.41, 5.74) is 10.7. The van der Waals surface area contributed by atoms with Crippen molar-refractivity contribution in [1.82, 2.24) is 19.4 Å². The highest BCUT2D eigenvalue weighted by Gasteiger charge is 2.25. The summed E-state index contributed by atoms with van der Waals surface area (Å²) in [6.07, 6.45) is 2.33. The molecule has 0 radical (unpaired) electrons. The molecule has 9 rings (SSSR count).